The van der Waals surface area contributed by atoms with Crippen LogP contribution in [0.5, 0.6) is 17.2 Å². The zero-order valence-electron chi connectivity index (χ0n) is 11.4. The fourth-order valence-corrected chi connectivity index (χ4v) is 2.03. The van der Waals surface area contributed by atoms with Gasteiger partial charge in [-0.2, -0.15) is 0 Å². The normalized spacial score (nSPS) is 15.1. The van der Waals surface area contributed by atoms with Crippen molar-refractivity contribution in [2.75, 3.05) is 26.9 Å². The van der Waals surface area contributed by atoms with Crippen LogP contribution in [0, 0.1) is 0 Å². The summed E-state index contributed by atoms with van der Waals surface area (Å²) in [5, 5.41) is 12.5. The summed E-state index contributed by atoms with van der Waals surface area (Å²) in [4.78, 5) is 0. The molecule has 1 aromatic carbocycles. The van der Waals surface area contributed by atoms with Crippen molar-refractivity contribution in [3.8, 4) is 17.2 Å². The maximum absolute atomic E-state index is 9.16. The molecule has 19 heavy (non-hydrogen) atoms. The monoisotopic (exact) mass is 267 g/mol. The van der Waals surface area contributed by atoms with Crippen LogP contribution < -0.4 is 19.5 Å². The number of aliphatic hydroxyl groups excluding tert-OH is 1. The quantitative estimate of drug-likeness (QED) is 0.814. The molecule has 0 spiro atoms. The Hall–Kier alpha value is -1.46. The Kier molecular flexibility index (Phi) is 4.87. The van der Waals surface area contributed by atoms with E-state index >= 15 is 0 Å². The summed E-state index contributed by atoms with van der Waals surface area (Å²) < 4.78 is 16.5. The Balaban J connectivity index is 2.13. The van der Waals surface area contributed by atoms with Crippen LogP contribution in [0.15, 0.2) is 12.1 Å². The molecular formula is C14H21NO4. The summed E-state index contributed by atoms with van der Waals surface area (Å²) in [6, 6.07) is 4.00. The van der Waals surface area contributed by atoms with Gasteiger partial charge < -0.3 is 24.6 Å². The molecular weight excluding hydrogens is 246 g/mol. The molecule has 1 aliphatic heterocycles. The molecule has 0 unspecified atom stereocenters. The third-order valence-corrected chi connectivity index (χ3v) is 3.20. The van der Waals surface area contributed by atoms with Crippen LogP contribution in [0.25, 0.3) is 0 Å². The molecule has 0 fully saturated rings. The van der Waals surface area contributed by atoms with Gasteiger partial charge in [-0.15, -0.1) is 0 Å². The van der Waals surface area contributed by atoms with E-state index in [1.165, 1.54) is 0 Å². The van der Waals surface area contributed by atoms with E-state index in [4.69, 9.17) is 19.3 Å². The van der Waals surface area contributed by atoms with Crippen molar-refractivity contribution in [2.45, 2.75) is 25.9 Å². The predicted octanol–water partition coefficient (Wildman–Crippen LogP) is 1.33. The highest BCUT2D eigenvalue weighted by atomic mass is 16.6. The third-order valence-electron chi connectivity index (χ3n) is 3.20. The van der Waals surface area contributed by atoms with E-state index in [1.54, 1.807) is 7.11 Å². The van der Waals surface area contributed by atoms with Crippen molar-refractivity contribution >= 4 is 0 Å². The van der Waals surface area contributed by atoms with Crippen molar-refractivity contribution in [3.05, 3.63) is 17.7 Å². The van der Waals surface area contributed by atoms with Gasteiger partial charge in [-0.25, -0.2) is 0 Å². The lowest BCUT2D eigenvalue weighted by Gasteiger charge is -2.22. The van der Waals surface area contributed by atoms with E-state index in [2.05, 4.69) is 5.32 Å². The Labute approximate surface area is 113 Å². The van der Waals surface area contributed by atoms with Crippen LogP contribution in [0.1, 0.15) is 18.9 Å². The number of hydrogen-bond acceptors (Lipinski definition) is 5. The van der Waals surface area contributed by atoms with Crippen LogP contribution in [0.2, 0.25) is 0 Å². The average Bonchev–Trinajstić information content (AvgIpc) is 2.47. The Bertz CT molecular complexity index is 401. The zero-order valence-corrected chi connectivity index (χ0v) is 11.4. The second kappa shape index (κ2) is 6.63. The zero-order chi connectivity index (χ0) is 13.7. The molecule has 2 rings (SSSR count). The molecule has 0 aromatic heterocycles. The van der Waals surface area contributed by atoms with Crippen molar-refractivity contribution in [3.63, 3.8) is 0 Å². The molecule has 0 bridgehead atoms. The molecule has 0 saturated heterocycles. The Morgan fingerprint density at radius 2 is 2.16 bits per heavy atom. The van der Waals surface area contributed by atoms with Gasteiger partial charge in [-0.3, -0.25) is 0 Å². The number of hydrogen-bond donors (Lipinski definition) is 2. The number of benzene rings is 1. The molecule has 1 aliphatic rings. The molecule has 0 amide bonds. The van der Waals surface area contributed by atoms with Crippen LogP contribution in [0.3, 0.4) is 0 Å². The second-order valence-electron chi connectivity index (χ2n) is 4.49. The molecule has 1 atom stereocenters. The Morgan fingerprint density at radius 3 is 2.84 bits per heavy atom. The van der Waals surface area contributed by atoms with E-state index in [1.807, 2.05) is 19.1 Å². The third kappa shape index (κ3) is 3.30. The van der Waals surface area contributed by atoms with Gasteiger partial charge in [0, 0.05) is 12.6 Å². The van der Waals surface area contributed by atoms with Gasteiger partial charge in [-0.05, 0) is 24.1 Å². The van der Waals surface area contributed by atoms with E-state index in [-0.39, 0.29) is 12.6 Å². The summed E-state index contributed by atoms with van der Waals surface area (Å²) in [6.07, 6.45) is 0.887. The van der Waals surface area contributed by atoms with Crippen molar-refractivity contribution in [1.82, 2.24) is 5.32 Å². The standard InChI is InChI=1S/C14H21NO4/c1-3-11(9-16)15-8-10-6-12(17-2)14-13(7-10)18-4-5-19-14/h6-7,11,15-16H,3-5,8-9H2,1-2H3/t11-/m0/s1. The molecule has 0 radical (unpaired) electrons. The lowest BCUT2D eigenvalue weighted by atomic mass is 10.1. The van der Waals surface area contributed by atoms with Gasteiger partial charge >= 0.3 is 0 Å². The Morgan fingerprint density at radius 1 is 1.37 bits per heavy atom. The van der Waals surface area contributed by atoms with Gasteiger partial charge in [0.05, 0.1) is 13.7 Å². The average molecular weight is 267 g/mol. The summed E-state index contributed by atoms with van der Waals surface area (Å²) in [7, 11) is 1.62. The van der Waals surface area contributed by atoms with Gasteiger partial charge in [0.1, 0.15) is 13.2 Å². The minimum Gasteiger partial charge on any atom is -0.493 e. The molecule has 1 heterocycles. The number of fused-ring (bicyclic) bond motifs is 1. The molecule has 1 aromatic rings. The van der Waals surface area contributed by atoms with Crippen LogP contribution in [-0.4, -0.2) is 38.1 Å². The van der Waals surface area contributed by atoms with Gasteiger partial charge in [0.25, 0.3) is 0 Å². The van der Waals surface area contributed by atoms with E-state index in [0.29, 0.717) is 31.3 Å². The second-order valence-corrected chi connectivity index (χ2v) is 4.49. The van der Waals surface area contributed by atoms with E-state index in [9.17, 15) is 0 Å². The van der Waals surface area contributed by atoms with Crippen molar-refractivity contribution < 1.29 is 19.3 Å². The first-order chi connectivity index (χ1) is 9.28. The fourth-order valence-electron chi connectivity index (χ4n) is 2.03. The first-order valence-corrected chi connectivity index (χ1v) is 6.59. The number of methoxy groups -OCH3 is 1. The van der Waals surface area contributed by atoms with Crippen molar-refractivity contribution in [1.29, 1.82) is 0 Å². The van der Waals surface area contributed by atoms with E-state index in [0.717, 1.165) is 17.7 Å². The van der Waals surface area contributed by atoms with Gasteiger partial charge in [0.2, 0.25) is 5.75 Å². The SMILES string of the molecule is CC[C@@H](CO)NCc1cc(OC)c2c(c1)OCCO2. The minimum absolute atomic E-state index is 0.110. The highest BCUT2D eigenvalue weighted by Crippen LogP contribution is 2.40. The number of ether oxygens (including phenoxy) is 3. The van der Waals surface area contributed by atoms with Crippen LogP contribution in [0.4, 0.5) is 0 Å². The number of rotatable bonds is 6. The highest BCUT2D eigenvalue weighted by Gasteiger charge is 2.18. The summed E-state index contributed by atoms with van der Waals surface area (Å²) >= 11 is 0. The minimum atomic E-state index is 0.110. The smallest absolute Gasteiger partial charge is 0.203 e. The maximum atomic E-state index is 9.16. The fraction of sp³-hybridized carbons (Fsp3) is 0.571. The highest BCUT2D eigenvalue weighted by molar-refractivity contribution is 5.54. The predicted molar refractivity (Wildman–Crippen MR) is 72.0 cm³/mol. The molecule has 106 valence electrons. The maximum Gasteiger partial charge on any atom is 0.203 e. The first kappa shape index (κ1) is 14.0. The van der Waals surface area contributed by atoms with Gasteiger partial charge in [0.15, 0.2) is 11.5 Å². The van der Waals surface area contributed by atoms with Crippen LogP contribution in [-0.2, 0) is 6.54 Å². The number of aliphatic hydroxyl groups is 1. The van der Waals surface area contributed by atoms with E-state index < -0.39 is 0 Å². The summed E-state index contributed by atoms with van der Waals surface area (Å²) in [5.74, 6) is 2.08. The first-order valence-electron chi connectivity index (χ1n) is 6.59. The lowest BCUT2D eigenvalue weighted by Crippen LogP contribution is -2.31. The summed E-state index contributed by atoms with van der Waals surface area (Å²) in [6.45, 7) is 3.94. The van der Waals surface area contributed by atoms with Crippen molar-refractivity contribution in [2.24, 2.45) is 0 Å². The molecule has 5 heteroatoms. The molecule has 5 nitrogen and oxygen atoms in total. The summed E-state index contributed by atoms with van der Waals surface area (Å²) in [5.41, 5.74) is 1.05. The number of nitrogens with one attached hydrogen (secondary N) is 1. The molecule has 2 N–H and O–H groups in total. The van der Waals surface area contributed by atoms with Gasteiger partial charge in [-0.1, -0.05) is 6.92 Å². The van der Waals surface area contributed by atoms with Crippen LogP contribution >= 0.6 is 0 Å². The lowest BCUT2D eigenvalue weighted by molar-refractivity contribution is 0.165. The largest absolute Gasteiger partial charge is 0.493 e. The topological polar surface area (TPSA) is 60.0 Å². The molecule has 0 aliphatic carbocycles. The molecule has 0 saturated carbocycles.